The molecule has 1 aromatic heterocycles. The van der Waals surface area contributed by atoms with Crippen LogP contribution in [0.4, 0.5) is 0 Å². The number of nitrogens with zero attached hydrogens (tertiary/aromatic N) is 1. The number of benzene rings is 1. The van der Waals surface area contributed by atoms with Crippen LogP contribution in [0.2, 0.25) is 0 Å². The van der Waals surface area contributed by atoms with E-state index in [0.29, 0.717) is 10.7 Å². The Kier molecular flexibility index (Phi) is 5.06. The number of furan rings is 1. The molecule has 0 radical (unpaired) electrons. The lowest BCUT2D eigenvalue weighted by molar-refractivity contribution is -0.145. The number of carboxylic acids is 1. The third-order valence-electron chi connectivity index (χ3n) is 3.73. The van der Waals surface area contributed by atoms with Crippen LogP contribution >= 0.6 is 24.0 Å². The predicted octanol–water partition coefficient (Wildman–Crippen LogP) is 3.49. The molecule has 1 atom stereocenters. The molecule has 128 valence electrons. The highest BCUT2D eigenvalue weighted by molar-refractivity contribution is 8.26. The number of hydrogen-bond acceptors (Lipinski definition) is 5. The van der Waals surface area contributed by atoms with Crippen LogP contribution in [0, 0.1) is 6.92 Å². The Hall–Kier alpha value is -2.38. The van der Waals surface area contributed by atoms with Crippen molar-refractivity contribution in [3.63, 3.8) is 0 Å². The minimum absolute atomic E-state index is 0.190. The molecule has 0 spiro atoms. The van der Waals surface area contributed by atoms with Crippen molar-refractivity contribution in [2.24, 2.45) is 0 Å². The molecule has 2 aromatic rings. The van der Waals surface area contributed by atoms with E-state index in [-0.39, 0.29) is 10.7 Å². The Morgan fingerprint density at radius 2 is 2.04 bits per heavy atom. The van der Waals surface area contributed by atoms with Gasteiger partial charge in [-0.25, -0.2) is 4.79 Å². The second kappa shape index (κ2) is 7.25. The highest BCUT2D eigenvalue weighted by atomic mass is 32.2. The Labute approximate surface area is 154 Å². The van der Waals surface area contributed by atoms with E-state index in [1.807, 2.05) is 37.3 Å². The lowest BCUT2D eigenvalue weighted by Gasteiger charge is -2.23. The quantitative estimate of drug-likeness (QED) is 0.639. The van der Waals surface area contributed by atoms with Crippen molar-refractivity contribution in [1.29, 1.82) is 0 Å². The zero-order valence-electron chi connectivity index (χ0n) is 13.3. The van der Waals surface area contributed by atoms with Gasteiger partial charge >= 0.3 is 5.97 Å². The molecule has 1 aliphatic rings. The number of carboxylic acid groups (broad SMARTS) is 1. The average molecular weight is 373 g/mol. The van der Waals surface area contributed by atoms with Gasteiger partial charge in [-0.1, -0.05) is 54.3 Å². The Morgan fingerprint density at radius 1 is 1.32 bits per heavy atom. The van der Waals surface area contributed by atoms with Crippen LogP contribution in [0.5, 0.6) is 0 Å². The Balaban J connectivity index is 1.86. The summed E-state index contributed by atoms with van der Waals surface area (Å²) < 4.78 is 5.69. The van der Waals surface area contributed by atoms with Crippen molar-refractivity contribution in [1.82, 2.24) is 4.90 Å². The summed E-state index contributed by atoms with van der Waals surface area (Å²) in [6, 6.07) is 11.7. The third kappa shape index (κ3) is 3.83. The highest BCUT2D eigenvalue weighted by Gasteiger charge is 2.40. The van der Waals surface area contributed by atoms with Gasteiger partial charge in [-0.15, -0.1) is 0 Å². The van der Waals surface area contributed by atoms with E-state index in [2.05, 4.69) is 0 Å². The van der Waals surface area contributed by atoms with Gasteiger partial charge in [-0.3, -0.25) is 9.69 Å². The van der Waals surface area contributed by atoms with Crippen molar-refractivity contribution < 1.29 is 19.1 Å². The van der Waals surface area contributed by atoms with Crippen LogP contribution in [0.25, 0.3) is 6.08 Å². The predicted molar refractivity (Wildman–Crippen MR) is 100 cm³/mol. The zero-order chi connectivity index (χ0) is 18.0. The van der Waals surface area contributed by atoms with Gasteiger partial charge in [-0.2, -0.15) is 0 Å². The van der Waals surface area contributed by atoms with E-state index in [9.17, 15) is 14.7 Å². The molecule has 1 unspecified atom stereocenters. The zero-order valence-corrected chi connectivity index (χ0v) is 15.0. The fraction of sp³-hybridized carbons (Fsp3) is 0.167. The smallest absolute Gasteiger partial charge is 0.327 e. The Morgan fingerprint density at radius 3 is 2.64 bits per heavy atom. The molecule has 1 aliphatic heterocycles. The van der Waals surface area contributed by atoms with Crippen molar-refractivity contribution >= 4 is 46.3 Å². The summed E-state index contributed by atoms with van der Waals surface area (Å²) in [5.74, 6) is -0.232. The maximum absolute atomic E-state index is 12.7. The second-order valence-electron chi connectivity index (χ2n) is 5.54. The summed E-state index contributed by atoms with van der Waals surface area (Å²) in [6.07, 6.45) is 1.78. The molecule has 1 N–H and O–H groups in total. The van der Waals surface area contributed by atoms with E-state index >= 15 is 0 Å². The Bertz CT molecular complexity index is 857. The van der Waals surface area contributed by atoms with Gasteiger partial charge in [-0.05, 0) is 24.6 Å². The summed E-state index contributed by atoms with van der Waals surface area (Å²) in [6.45, 7) is 1.81. The number of aliphatic carboxylic acids is 1. The third-order valence-corrected chi connectivity index (χ3v) is 5.06. The molecular formula is C18H15NO4S2. The number of thioether (sulfide) groups is 1. The standard InChI is InChI=1S/C18H15NO4S2/c1-11-7-8-13(23-11)10-15-16(20)19(18(24)25-15)14(17(21)22)9-12-5-3-2-4-6-12/h2-8,10,14H,9H2,1H3,(H,21,22). The van der Waals surface area contributed by atoms with Gasteiger partial charge in [0.1, 0.15) is 21.9 Å². The molecule has 2 heterocycles. The maximum atomic E-state index is 12.7. The molecule has 1 fully saturated rings. The summed E-state index contributed by atoms with van der Waals surface area (Å²) in [5, 5.41) is 9.61. The first kappa shape index (κ1) is 17.4. The fourth-order valence-corrected chi connectivity index (χ4v) is 3.87. The summed E-state index contributed by atoms with van der Waals surface area (Å²) >= 11 is 6.35. The number of aryl methyl sites for hydroxylation is 1. The topological polar surface area (TPSA) is 70.8 Å². The first-order valence-electron chi connectivity index (χ1n) is 7.56. The molecule has 7 heteroatoms. The molecule has 1 aromatic carbocycles. The molecule has 0 bridgehead atoms. The number of rotatable bonds is 5. The second-order valence-corrected chi connectivity index (χ2v) is 7.22. The van der Waals surface area contributed by atoms with Crippen molar-refractivity contribution in [2.45, 2.75) is 19.4 Å². The number of thiocarbonyl (C=S) groups is 1. The molecule has 3 rings (SSSR count). The van der Waals surface area contributed by atoms with Crippen molar-refractivity contribution in [3.8, 4) is 0 Å². The molecule has 0 saturated carbocycles. The summed E-state index contributed by atoms with van der Waals surface area (Å²) in [5.41, 5.74) is 0.828. The van der Waals surface area contributed by atoms with Crippen LogP contribution in [0.3, 0.4) is 0 Å². The number of carbonyl (C=O) groups excluding carboxylic acids is 1. The van der Waals surface area contributed by atoms with E-state index in [1.54, 1.807) is 18.2 Å². The van der Waals surface area contributed by atoms with Crippen LogP contribution < -0.4 is 0 Å². The summed E-state index contributed by atoms with van der Waals surface area (Å²) in [7, 11) is 0. The van der Waals surface area contributed by atoms with Gasteiger partial charge < -0.3 is 9.52 Å². The first-order chi connectivity index (χ1) is 12.0. The first-order valence-corrected chi connectivity index (χ1v) is 8.78. The number of amides is 1. The maximum Gasteiger partial charge on any atom is 0.327 e. The van der Waals surface area contributed by atoms with Crippen LogP contribution in [0.15, 0.2) is 51.8 Å². The largest absolute Gasteiger partial charge is 0.480 e. The summed E-state index contributed by atoms with van der Waals surface area (Å²) in [4.78, 5) is 26.0. The minimum Gasteiger partial charge on any atom is -0.480 e. The molecule has 5 nitrogen and oxygen atoms in total. The van der Waals surface area contributed by atoms with Gasteiger partial charge in [0.05, 0.1) is 4.91 Å². The van der Waals surface area contributed by atoms with E-state index in [1.165, 1.54) is 4.90 Å². The van der Waals surface area contributed by atoms with Gasteiger partial charge in [0.25, 0.3) is 5.91 Å². The normalized spacial score (nSPS) is 17.3. The van der Waals surface area contributed by atoms with E-state index < -0.39 is 17.9 Å². The average Bonchev–Trinajstić information content (AvgIpc) is 3.10. The van der Waals surface area contributed by atoms with E-state index in [0.717, 1.165) is 23.1 Å². The molecular weight excluding hydrogens is 358 g/mol. The molecule has 1 amide bonds. The molecule has 25 heavy (non-hydrogen) atoms. The SMILES string of the molecule is Cc1ccc(C=C2SC(=S)N(C(Cc3ccccc3)C(=O)O)C2=O)o1. The fourth-order valence-electron chi connectivity index (χ4n) is 2.54. The molecule has 0 aliphatic carbocycles. The van der Waals surface area contributed by atoms with E-state index in [4.69, 9.17) is 16.6 Å². The van der Waals surface area contributed by atoms with Gasteiger partial charge in [0.15, 0.2) is 0 Å². The minimum atomic E-state index is -1.09. The monoisotopic (exact) mass is 373 g/mol. The molecule has 1 saturated heterocycles. The van der Waals surface area contributed by atoms with Crippen LogP contribution in [-0.2, 0) is 16.0 Å². The highest BCUT2D eigenvalue weighted by Crippen LogP contribution is 2.35. The van der Waals surface area contributed by atoms with Crippen molar-refractivity contribution in [2.75, 3.05) is 0 Å². The van der Waals surface area contributed by atoms with Crippen LogP contribution in [-0.4, -0.2) is 32.2 Å². The van der Waals surface area contributed by atoms with Crippen molar-refractivity contribution in [3.05, 3.63) is 64.5 Å². The lowest BCUT2D eigenvalue weighted by Crippen LogP contribution is -2.45. The lowest BCUT2D eigenvalue weighted by atomic mass is 10.0. The number of carbonyl (C=O) groups is 2. The van der Waals surface area contributed by atoms with Crippen LogP contribution in [0.1, 0.15) is 17.1 Å². The van der Waals surface area contributed by atoms with Gasteiger partial charge in [0.2, 0.25) is 0 Å². The number of hydrogen-bond donors (Lipinski definition) is 1. The van der Waals surface area contributed by atoms with Gasteiger partial charge in [0, 0.05) is 12.5 Å².